The van der Waals surface area contributed by atoms with Crippen LogP contribution >= 0.6 is 0 Å². The van der Waals surface area contributed by atoms with Crippen LogP contribution in [0.15, 0.2) is 91.0 Å². The average Bonchev–Trinajstić information content (AvgIpc) is 3.43. The highest BCUT2D eigenvalue weighted by molar-refractivity contribution is 5.73. The zero-order valence-electron chi connectivity index (χ0n) is 23.6. The van der Waals surface area contributed by atoms with Gasteiger partial charge in [0.25, 0.3) is 0 Å². The van der Waals surface area contributed by atoms with Crippen molar-refractivity contribution in [1.29, 1.82) is 0 Å². The van der Waals surface area contributed by atoms with E-state index in [9.17, 15) is 9.59 Å². The van der Waals surface area contributed by atoms with Crippen LogP contribution in [-0.2, 0) is 19.9 Å². The Morgan fingerprint density at radius 2 is 1.44 bits per heavy atom. The lowest BCUT2D eigenvalue weighted by Crippen LogP contribution is -2.42. The number of amides is 1. The fraction of sp³-hybridized carbons (Fsp3) is 0.429. The number of rotatable bonds is 13. The van der Waals surface area contributed by atoms with Gasteiger partial charge in [-0.2, -0.15) is 0 Å². The lowest BCUT2D eigenvalue weighted by Gasteiger charge is -2.37. The Hall–Kier alpha value is -3.24. The van der Waals surface area contributed by atoms with Crippen molar-refractivity contribution < 1.29 is 14.3 Å². The Labute approximate surface area is 234 Å². The summed E-state index contributed by atoms with van der Waals surface area (Å²) in [7, 11) is 0. The summed E-state index contributed by atoms with van der Waals surface area (Å²) in [4.78, 5) is 24.2. The summed E-state index contributed by atoms with van der Waals surface area (Å²) in [5.41, 5.74) is 2.59. The molecule has 1 N–H and O–H groups in total. The van der Waals surface area contributed by atoms with Gasteiger partial charge in [0.2, 0.25) is 5.91 Å². The van der Waals surface area contributed by atoms with E-state index in [-0.39, 0.29) is 23.8 Å². The van der Waals surface area contributed by atoms with E-state index in [0.717, 1.165) is 55.1 Å². The maximum atomic E-state index is 12.4. The summed E-state index contributed by atoms with van der Waals surface area (Å²) in [6, 6.07) is 31.5. The lowest BCUT2D eigenvalue weighted by molar-refractivity contribution is -0.121. The fourth-order valence-corrected chi connectivity index (χ4v) is 6.72. The third kappa shape index (κ3) is 6.67. The molecule has 5 atom stereocenters. The first-order valence-electron chi connectivity index (χ1n) is 14.5. The first kappa shape index (κ1) is 28.8. The fourth-order valence-electron chi connectivity index (χ4n) is 6.72. The molecule has 4 heteroatoms. The summed E-state index contributed by atoms with van der Waals surface area (Å²) in [5.74, 6) is 0.733. The van der Waals surface area contributed by atoms with Crippen LogP contribution in [0.3, 0.4) is 0 Å². The highest BCUT2D eigenvalue weighted by Gasteiger charge is 2.41. The molecule has 3 aromatic carbocycles. The van der Waals surface area contributed by atoms with E-state index in [0.29, 0.717) is 18.4 Å². The SMILES string of the molecule is CCC[C@H](C(C)NC(C)=O)[C@H](C=O)C1CCC(COC(c2ccccc2)(c2ccccc2)c2ccccc2)C1. The smallest absolute Gasteiger partial charge is 0.217 e. The normalized spacial score (nSPS) is 19.7. The molecule has 0 aliphatic heterocycles. The predicted octanol–water partition coefficient (Wildman–Crippen LogP) is 7.17. The predicted molar refractivity (Wildman–Crippen MR) is 157 cm³/mol. The van der Waals surface area contributed by atoms with E-state index in [1.54, 1.807) is 6.92 Å². The van der Waals surface area contributed by atoms with Crippen molar-refractivity contribution in [3.05, 3.63) is 108 Å². The van der Waals surface area contributed by atoms with Crippen LogP contribution in [0.4, 0.5) is 0 Å². The number of hydrogen-bond donors (Lipinski definition) is 1. The number of hydrogen-bond acceptors (Lipinski definition) is 3. The minimum atomic E-state index is -0.726. The summed E-state index contributed by atoms with van der Waals surface area (Å²) >= 11 is 0. The van der Waals surface area contributed by atoms with Crippen LogP contribution in [0.5, 0.6) is 0 Å². The van der Waals surface area contributed by atoms with Gasteiger partial charge < -0.3 is 14.8 Å². The summed E-state index contributed by atoms with van der Waals surface area (Å²) < 4.78 is 7.10. The summed E-state index contributed by atoms with van der Waals surface area (Å²) in [6.45, 7) is 6.36. The van der Waals surface area contributed by atoms with Gasteiger partial charge in [0.1, 0.15) is 11.9 Å². The van der Waals surface area contributed by atoms with Crippen LogP contribution in [0.1, 0.15) is 69.6 Å². The Morgan fingerprint density at radius 3 is 1.87 bits per heavy atom. The number of ether oxygens (including phenoxy) is 1. The van der Waals surface area contributed by atoms with E-state index in [1.807, 2.05) is 25.1 Å². The maximum absolute atomic E-state index is 12.4. The molecule has 1 saturated carbocycles. The van der Waals surface area contributed by atoms with Crippen molar-refractivity contribution in [2.45, 2.75) is 64.5 Å². The molecule has 4 nitrogen and oxygen atoms in total. The molecule has 206 valence electrons. The molecular formula is C35H43NO3. The Bertz CT molecular complexity index is 1070. The molecule has 1 aliphatic rings. The average molecular weight is 526 g/mol. The van der Waals surface area contributed by atoms with Gasteiger partial charge in [0.15, 0.2) is 0 Å². The lowest BCUT2D eigenvalue weighted by atomic mass is 9.75. The highest BCUT2D eigenvalue weighted by Crippen LogP contribution is 2.44. The molecule has 0 spiro atoms. The van der Waals surface area contributed by atoms with E-state index < -0.39 is 5.60 Å². The van der Waals surface area contributed by atoms with Crippen LogP contribution in [-0.4, -0.2) is 24.8 Å². The van der Waals surface area contributed by atoms with Crippen molar-refractivity contribution in [2.24, 2.45) is 23.7 Å². The van der Waals surface area contributed by atoms with Crippen molar-refractivity contribution in [1.82, 2.24) is 5.32 Å². The van der Waals surface area contributed by atoms with E-state index in [1.165, 1.54) is 0 Å². The van der Waals surface area contributed by atoms with Crippen molar-refractivity contribution in [3.63, 3.8) is 0 Å². The molecule has 0 bridgehead atoms. The minimum Gasteiger partial charge on any atom is -0.361 e. The third-order valence-corrected chi connectivity index (χ3v) is 8.55. The zero-order chi connectivity index (χ0) is 27.7. The van der Waals surface area contributed by atoms with Gasteiger partial charge >= 0.3 is 0 Å². The first-order chi connectivity index (χ1) is 19.0. The van der Waals surface area contributed by atoms with E-state index >= 15 is 0 Å². The van der Waals surface area contributed by atoms with Crippen LogP contribution in [0.2, 0.25) is 0 Å². The van der Waals surface area contributed by atoms with Crippen LogP contribution in [0.25, 0.3) is 0 Å². The Balaban J connectivity index is 1.59. The zero-order valence-corrected chi connectivity index (χ0v) is 23.6. The monoisotopic (exact) mass is 525 g/mol. The highest BCUT2D eigenvalue weighted by atomic mass is 16.5. The quantitative estimate of drug-likeness (QED) is 0.190. The largest absolute Gasteiger partial charge is 0.361 e. The van der Waals surface area contributed by atoms with Crippen molar-refractivity contribution >= 4 is 12.2 Å². The molecule has 39 heavy (non-hydrogen) atoms. The van der Waals surface area contributed by atoms with Gasteiger partial charge in [-0.3, -0.25) is 4.79 Å². The number of benzene rings is 3. The van der Waals surface area contributed by atoms with Gasteiger partial charge in [0.05, 0.1) is 6.61 Å². The van der Waals surface area contributed by atoms with Crippen LogP contribution in [0, 0.1) is 23.7 Å². The van der Waals surface area contributed by atoms with Gasteiger partial charge in [-0.25, -0.2) is 0 Å². The molecule has 3 aromatic rings. The van der Waals surface area contributed by atoms with Crippen LogP contribution < -0.4 is 5.32 Å². The van der Waals surface area contributed by atoms with Gasteiger partial charge in [-0.15, -0.1) is 0 Å². The molecule has 4 rings (SSSR count). The molecule has 0 heterocycles. The minimum absolute atomic E-state index is 0.0187. The van der Waals surface area contributed by atoms with Crippen molar-refractivity contribution in [3.8, 4) is 0 Å². The molecular weight excluding hydrogens is 482 g/mol. The van der Waals surface area contributed by atoms with Crippen molar-refractivity contribution in [2.75, 3.05) is 6.61 Å². The second kappa shape index (κ2) is 13.7. The second-order valence-electron chi connectivity index (χ2n) is 11.2. The van der Waals surface area contributed by atoms with E-state index in [4.69, 9.17) is 4.74 Å². The molecule has 1 fully saturated rings. The number of carbonyl (C=O) groups excluding carboxylic acids is 2. The first-order valence-corrected chi connectivity index (χ1v) is 14.5. The molecule has 1 amide bonds. The standard InChI is InChI=1S/C35H43NO3/c1-4-14-33(26(2)36-27(3)38)34(24-37)29-22-21-28(23-29)25-39-35(30-15-8-5-9-16-30,31-17-10-6-11-18-31)32-19-12-7-13-20-32/h5-13,15-20,24,26,28-29,33-34H,4,14,21-23,25H2,1-3H3,(H,36,38)/t26?,28?,29?,33-,34-/m1/s1. The number of aldehydes is 1. The van der Waals surface area contributed by atoms with E-state index in [2.05, 4.69) is 85.0 Å². The number of carbonyl (C=O) groups is 2. The molecule has 0 saturated heterocycles. The second-order valence-corrected chi connectivity index (χ2v) is 11.2. The van der Waals surface area contributed by atoms with Gasteiger partial charge in [-0.1, -0.05) is 104 Å². The third-order valence-electron chi connectivity index (χ3n) is 8.55. The maximum Gasteiger partial charge on any atom is 0.217 e. The molecule has 3 unspecified atom stereocenters. The Kier molecular flexibility index (Phi) is 10.1. The molecule has 0 aromatic heterocycles. The van der Waals surface area contributed by atoms with Gasteiger partial charge in [0, 0.05) is 18.9 Å². The summed E-state index contributed by atoms with van der Waals surface area (Å²) in [5, 5.41) is 3.05. The molecule has 0 radical (unpaired) electrons. The number of nitrogens with one attached hydrogen (secondary N) is 1. The molecule has 1 aliphatic carbocycles. The van der Waals surface area contributed by atoms with Gasteiger partial charge in [-0.05, 0) is 67.1 Å². The summed E-state index contributed by atoms with van der Waals surface area (Å²) in [6.07, 6.45) is 6.10. The Morgan fingerprint density at radius 1 is 0.923 bits per heavy atom. The topological polar surface area (TPSA) is 55.4 Å².